The van der Waals surface area contributed by atoms with Gasteiger partial charge in [-0.2, -0.15) is 5.10 Å². The molecule has 0 atom stereocenters. The molecule has 138 valence electrons. The van der Waals surface area contributed by atoms with Gasteiger partial charge in [0.25, 0.3) is 17.0 Å². The fraction of sp³-hybridized carbons (Fsp3) is 0.167. The largest absolute Gasteiger partial charge is 0.349 e. The van der Waals surface area contributed by atoms with Crippen LogP contribution in [0.2, 0.25) is 0 Å². The first kappa shape index (κ1) is 18.2. The van der Waals surface area contributed by atoms with Crippen molar-refractivity contribution in [1.29, 1.82) is 0 Å². The van der Waals surface area contributed by atoms with Gasteiger partial charge >= 0.3 is 0 Å². The highest BCUT2D eigenvalue weighted by Gasteiger charge is 2.10. The van der Waals surface area contributed by atoms with Crippen molar-refractivity contribution < 1.29 is 9.18 Å². The molecule has 2 heterocycles. The third kappa shape index (κ3) is 4.72. The van der Waals surface area contributed by atoms with Crippen molar-refractivity contribution in [2.45, 2.75) is 13.1 Å². The molecule has 0 unspecified atom stereocenters. The molecule has 1 amide bonds. The van der Waals surface area contributed by atoms with Crippen LogP contribution in [0.15, 0.2) is 64.6 Å². The van der Waals surface area contributed by atoms with E-state index in [9.17, 15) is 18.8 Å². The molecular formula is C18H16FN5O3. The lowest BCUT2D eigenvalue weighted by molar-refractivity contribution is 0.0944. The Bertz CT molecular complexity index is 1080. The van der Waals surface area contributed by atoms with E-state index in [0.717, 1.165) is 4.68 Å². The molecule has 2 aromatic heterocycles. The number of aromatic nitrogens is 4. The van der Waals surface area contributed by atoms with Gasteiger partial charge in [-0.15, -0.1) is 0 Å². The summed E-state index contributed by atoms with van der Waals surface area (Å²) in [7, 11) is 0. The van der Waals surface area contributed by atoms with E-state index in [1.165, 1.54) is 53.5 Å². The molecule has 27 heavy (non-hydrogen) atoms. The maximum atomic E-state index is 13.3. The predicted molar refractivity (Wildman–Crippen MR) is 94.8 cm³/mol. The summed E-state index contributed by atoms with van der Waals surface area (Å²) in [5, 5.41) is 6.66. The van der Waals surface area contributed by atoms with Crippen LogP contribution in [0.25, 0.3) is 0 Å². The van der Waals surface area contributed by atoms with Crippen molar-refractivity contribution >= 4 is 5.91 Å². The van der Waals surface area contributed by atoms with E-state index < -0.39 is 17.3 Å². The van der Waals surface area contributed by atoms with Gasteiger partial charge in [-0.3, -0.25) is 19.0 Å². The second kappa shape index (κ2) is 8.17. The van der Waals surface area contributed by atoms with E-state index in [4.69, 9.17) is 0 Å². The number of rotatable bonds is 6. The summed E-state index contributed by atoms with van der Waals surface area (Å²) in [6.07, 6.45) is 2.77. The van der Waals surface area contributed by atoms with Gasteiger partial charge in [-0.05, 0) is 23.8 Å². The number of nitrogens with zero attached hydrogens (tertiary/aromatic N) is 4. The first-order valence-electron chi connectivity index (χ1n) is 8.14. The number of benzene rings is 1. The summed E-state index contributed by atoms with van der Waals surface area (Å²) < 4.78 is 15.7. The summed E-state index contributed by atoms with van der Waals surface area (Å²) in [6, 6.07) is 9.67. The number of halogens is 1. The lowest BCUT2D eigenvalue weighted by atomic mass is 10.2. The van der Waals surface area contributed by atoms with Crippen molar-refractivity contribution in [3.8, 4) is 0 Å². The van der Waals surface area contributed by atoms with Gasteiger partial charge < -0.3 is 5.32 Å². The zero-order chi connectivity index (χ0) is 19.2. The molecule has 8 nitrogen and oxygen atoms in total. The minimum Gasteiger partial charge on any atom is -0.349 e. The van der Waals surface area contributed by atoms with Crippen molar-refractivity contribution in [2.24, 2.45) is 0 Å². The number of hydrogen-bond acceptors (Lipinski definition) is 5. The normalized spacial score (nSPS) is 10.6. The van der Waals surface area contributed by atoms with Crippen LogP contribution in [0, 0.1) is 5.82 Å². The first-order valence-corrected chi connectivity index (χ1v) is 8.14. The Morgan fingerprint density at radius 1 is 1.11 bits per heavy atom. The monoisotopic (exact) mass is 369 g/mol. The van der Waals surface area contributed by atoms with E-state index in [1.54, 1.807) is 6.07 Å². The Kier molecular flexibility index (Phi) is 5.50. The molecule has 0 aliphatic heterocycles. The number of carbonyl (C=O) groups is 1. The van der Waals surface area contributed by atoms with Crippen LogP contribution in [-0.4, -0.2) is 31.8 Å². The fourth-order valence-corrected chi connectivity index (χ4v) is 2.42. The molecule has 1 aromatic carbocycles. The Morgan fingerprint density at radius 3 is 2.74 bits per heavy atom. The van der Waals surface area contributed by atoms with Crippen molar-refractivity contribution in [3.05, 3.63) is 92.8 Å². The molecule has 1 N–H and O–H groups in total. The molecule has 0 bridgehead atoms. The third-order valence-corrected chi connectivity index (χ3v) is 3.75. The average molecular weight is 369 g/mol. The fourth-order valence-electron chi connectivity index (χ4n) is 2.42. The molecule has 3 aromatic rings. The molecular weight excluding hydrogens is 353 g/mol. The van der Waals surface area contributed by atoms with Crippen LogP contribution in [0.4, 0.5) is 4.39 Å². The van der Waals surface area contributed by atoms with Gasteiger partial charge in [-0.25, -0.2) is 14.1 Å². The third-order valence-electron chi connectivity index (χ3n) is 3.75. The average Bonchev–Trinajstić information content (AvgIpc) is 2.65. The Labute approximate surface area is 152 Å². The van der Waals surface area contributed by atoms with Crippen molar-refractivity contribution in [1.82, 2.24) is 24.6 Å². The first-order chi connectivity index (χ1) is 13.0. The second-order valence-corrected chi connectivity index (χ2v) is 5.71. The van der Waals surface area contributed by atoms with Gasteiger partial charge in [-0.1, -0.05) is 12.1 Å². The van der Waals surface area contributed by atoms with Crippen LogP contribution >= 0.6 is 0 Å². The molecule has 9 heteroatoms. The van der Waals surface area contributed by atoms with E-state index in [0.29, 0.717) is 5.56 Å². The topological polar surface area (TPSA) is 98.9 Å². The highest BCUT2D eigenvalue weighted by Crippen LogP contribution is 2.04. The van der Waals surface area contributed by atoms with Gasteiger partial charge in [0.15, 0.2) is 0 Å². The van der Waals surface area contributed by atoms with Crippen molar-refractivity contribution in [2.75, 3.05) is 6.54 Å². The Hall–Kier alpha value is -3.62. The van der Waals surface area contributed by atoms with E-state index >= 15 is 0 Å². The molecule has 0 aliphatic carbocycles. The molecule has 0 fully saturated rings. The predicted octanol–water partition coefficient (Wildman–Crippen LogP) is 0.417. The number of carbonyl (C=O) groups excluding carboxylic acids is 1. The summed E-state index contributed by atoms with van der Waals surface area (Å²) >= 11 is 0. The number of hydrogen-bond donors (Lipinski definition) is 1. The van der Waals surface area contributed by atoms with Crippen LogP contribution in [0.3, 0.4) is 0 Å². The summed E-state index contributed by atoms with van der Waals surface area (Å²) in [5.41, 5.74) is -0.0265. The number of nitrogens with one attached hydrogen (secondary N) is 1. The van der Waals surface area contributed by atoms with E-state index in [-0.39, 0.29) is 30.9 Å². The van der Waals surface area contributed by atoms with E-state index in [1.807, 2.05) is 0 Å². The lowest BCUT2D eigenvalue weighted by Gasteiger charge is -2.09. The van der Waals surface area contributed by atoms with Crippen LogP contribution < -0.4 is 16.4 Å². The van der Waals surface area contributed by atoms with E-state index in [2.05, 4.69) is 15.4 Å². The second-order valence-electron chi connectivity index (χ2n) is 5.71. The van der Waals surface area contributed by atoms with Crippen LogP contribution in [-0.2, 0) is 13.1 Å². The lowest BCUT2D eigenvalue weighted by Crippen LogP contribution is -2.33. The smallest absolute Gasteiger partial charge is 0.271 e. The minimum absolute atomic E-state index is 0.0444. The molecule has 3 rings (SSSR count). The summed E-state index contributed by atoms with van der Waals surface area (Å²) in [5.74, 6) is -0.903. The van der Waals surface area contributed by atoms with Gasteiger partial charge in [0.05, 0.1) is 12.9 Å². The zero-order valence-electron chi connectivity index (χ0n) is 14.2. The van der Waals surface area contributed by atoms with Gasteiger partial charge in [0.1, 0.15) is 11.5 Å². The quantitative estimate of drug-likeness (QED) is 0.679. The minimum atomic E-state index is -0.486. The molecule has 0 saturated carbocycles. The molecule has 0 spiro atoms. The molecule has 0 radical (unpaired) electrons. The standard InChI is InChI=1S/C18H16FN5O3/c19-14-3-1-2-13(10-14)11-24-17(26)5-4-15(22-24)18(27)21-8-9-23-12-20-7-6-16(23)25/h1-7,10,12H,8-9,11H2,(H,21,27). The summed E-state index contributed by atoms with van der Waals surface area (Å²) in [4.78, 5) is 39.6. The Balaban J connectivity index is 1.67. The highest BCUT2D eigenvalue weighted by atomic mass is 19.1. The summed E-state index contributed by atoms with van der Waals surface area (Å²) in [6.45, 7) is 0.485. The molecule has 0 aliphatic rings. The van der Waals surface area contributed by atoms with Crippen LogP contribution in [0.5, 0.6) is 0 Å². The maximum Gasteiger partial charge on any atom is 0.271 e. The number of amides is 1. The van der Waals surface area contributed by atoms with Crippen molar-refractivity contribution in [3.63, 3.8) is 0 Å². The SMILES string of the molecule is O=C(NCCn1cnccc1=O)c1ccc(=O)n(Cc2cccc(F)c2)n1. The van der Waals surface area contributed by atoms with Crippen LogP contribution in [0.1, 0.15) is 16.1 Å². The van der Waals surface area contributed by atoms with Gasteiger partial charge in [0, 0.05) is 31.4 Å². The van der Waals surface area contributed by atoms with Gasteiger partial charge in [0.2, 0.25) is 0 Å². The molecule has 0 saturated heterocycles. The highest BCUT2D eigenvalue weighted by molar-refractivity contribution is 5.91. The zero-order valence-corrected chi connectivity index (χ0v) is 14.2. The Morgan fingerprint density at radius 2 is 1.96 bits per heavy atom. The maximum absolute atomic E-state index is 13.3.